The van der Waals surface area contributed by atoms with Gasteiger partial charge >= 0.3 is 5.97 Å². The molecule has 136 valence electrons. The topological polar surface area (TPSA) is 44.8 Å². The van der Waals surface area contributed by atoms with Gasteiger partial charge in [-0.25, -0.2) is 4.79 Å². The molecule has 0 saturated heterocycles. The van der Waals surface area contributed by atoms with E-state index >= 15 is 0 Å². The minimum atomic E-state index is -0.591. The van der Waals surface area contributed by atoms with Gasteiger partial charge in [0.05, 0.1) is 7.11 Å². The van der Waals surface area contributed by atoms with Crippen molar-refractivity contribution in [2.45, 2.75) is 26.1 Å². The number of hydrogen-bond acceptors (Lipinski definition) is 5. The molecule has 1 unspecified atom stereocenters. The molecule has 3 aromatic rings. The molecule has 0 amide bonds. The fraction of sp³-hybridized carbons (Fsp3) is 0.286. The predicted octanol–water partition coefficient (Wildman–Crippen LogP) is 4.60. The first-order valence-corrected chi connectivity index (χ1v) is 9.46. The second-order valence-electron chi connectivity index (χ2n) is 5.83. The van der Waals surface area contributed by atoms with Gasteiger partial charge in [-0.05, 0) is 35.6 Å². The molecule has 26 heavy (non-hydrogen) atoms. The quantitative estimate of drug-likeness (QED) is 0.544. The van der Waals surface area contributed by atoms with Crippen molar-refractivity contribution in [3.63, 3.8) is 0 Å². The number of esters is 1. The minimum absolute atomic E-state index is 0.346. The molecule has 1 aromatic heterocycles. The maximum absolute atomic E-state index is 11.9. The van der Waals surface area contributed by atoms with Crippen molar-refractivity contribution in [2.75, 3.05) is 13.7 Å². The summed E-state index contributed by atoms with van der Waals surface area (Å²) in [5.74, 6) is 0.501. The zero-order valence-electron chi connectivity index (χ0n) is 14.9. The van der Waals surface area contributed by atoms with Gasteiger partial charge in [0.15, 0.2) is 6.10 Å². The average molecular weight is 370 g/mol. The predicted molar refractivity (Wildman–Crippen MR) is 104 cm³/mol. The maximum Gasteiger partial charge on any atom is 0.335 e. The summed E-state index contributed by atoms with van der Waals surface area (Å²) in [6.45, 7) is 2.86. The number of hydrogen-bond donors (Lipinski definition) is 0. The van der Waals surface area contributed by atoms with Gasteiger partial charge in [0.2, 0.25) is 0 Å². The van der Waals surface area contributed by atoms with E-state index in [1.54, 1.807) is 11.3 Å². The monoisotopic (exact) mass is 370 g/mol. The van der Waals surface area contributed by atoms with E-state index in [1.165, 1.54) is 7.11 Å². The summed E-state index contributed by atoms with van der Waals surface area (Å²) in [4.78, 5) is 11.9. The van der Waals surface area contributed by atoms with E-state index in [0.717, 1.165) is 27.0 Å². The van der Waals surface area contributed by atoms with Gasteiger partial charge in [-0.1, -0.05) is 36.4 Å². The Hall–Kier alpha value is -2.37. The zero-order valence-corrected chi connectivity index (χ0v) is 15.8. The number of methoxy groups -OCH3 is 1. The number of carbonyl (C=O) groups is 1. The van der Waals surface area contributed by atoms with Crippen molar-refractivity contribution in [3.8, 4) is 5.75 Å². The first-order chi connectivity index (χ1) is 12.7. The van der Waals surface area contributed by atoms with E-state index in [1.807, 2.05) is 54.8 Å². The van der Waals surface area contributed by atoms with E-state index < -0.39 is 6.10 Å². The lowest BCUT2D eigenvalue weighted by molar-refractivity contribution is -0.153. The van der Waals surface area contributed by atoms with Gasteiger partial charge in [-0.2, -0.15) is 0 Å². The molecule has 2 aromatic carbocycles. The zero-order chi connectivity index (χ0) is 18.4. The number of fused-ring (bicyclic) bond motifs is 1. The van der Waals surface area contributed by atoms with Crippen LogP contribution in [-0.2, 0) is 27.3 Å². The Morgan fingerprint density at radius 3 is 2.65 bits per heavy atom. The molecule has 0 saturated carbocycles. The lowest BCUT2D eigenvalue weighted by Crippen LogP contribution is -2.28. The van der Waals surface area contributed by atoms with Crippen LogP contribution in [0.2, 0.25) is 0 Å². The first-order valence-electron chi connectivity index (χ1n) is 8.58. The molecular formula is C21H22O4S. The Balaban J connectivity index is 1.81. The highest BCUT2D eigenvalue weighted by Gasteiger charge is 2.21. The highest BCUT2D eigenvalue weighted by molar-refractivity contribution is 7.17. The van der Waals surface area contributed by atoms with Crippen LogP contribution in [0.25, 0.3) is 10.1 Å². The summed E-state index contributed by atoms with van der Waals surface area (Å²) >= 11 is 1.64. The number of ether oxygens (including phenoxy) is 3. The highest BCUT2D eigenvalue weighted by Crippen LogP contribution is 2.34. The van der Waals surface area contributed by atoms with Gasteiger partial charge in [0.25, 0.3) is 0 Å². The van der Waals surface area contributed by atoms with Crippen LogP contribution in [0.4, 0.5) is 0 Å². The number of carbonyl (C=O) groups excluding carboxylic acids is 1. The van der Waals surface area contributed by atoms with Crippen LogP contribution in [0.3, 0.4) is 0 Å². The number of benzene rings is 2. The largest absolute Gasteiger partial charge is 0.488 e. The molecule has 0 fully saturated rings. The van der Waals surface area contributed by atoms with Crippen LogP contribution < -0.4 is 4.74 Å². The van der Waals surface area contributed by atoms with Gasteiger partial charge in [-0.3, -0.25) is 0 Å². The Bertz CT molecular complexity index is 857. The van der Waals surface area contributed by atoms with Crippen LogP contribution in [0.1, 0.15) is 18.1 Å². The maximum atomic E-state index is 11.9. The summed E-state index contributed by atoms with van der Waals surface area (Å²) < 4.78 is 17.6. The summed E-state index contributed by atoms with van der Waals surface area (Å²) in [5, 5.41) is 3.10. The van der Waals surface area contributed by atoms with Crippen molar-refractivity contribution in [1.82, 2.24) is 0 Å². The molecule has 0 spiro atoms. The average Bonchev–Trinajstić information content (AvgIpc) is 3.17. The SMILES string of the molecule is CCOC(Cc1ccc(OCc2ccccc2)c2ccsc12)C(=O)OC. The molecule has 0 aliphatic carbocycles. The lowest BCUT2D eigenvalue weighted by Gasteiger charge is -2.16. The van der Waals surface area contributed by atoms with Crippen LogP contribution in [0, 0.1) is 0 Å². The second-order valence-corrected chi connectivity index (χ2v) is 6.75. The summed E-state index contributed by atoms with van der Waals surface area (Å²) in [6.07, 6.45) is -0.109. The molecule has 3 rings (SSSR count). The minimum Gasteiger partial charge on any atom is -0.488 e. The van der Waals surface area contributed by atoms with Crippen molar-refractivity contribution in [3.05, 3.63) is 65.0 Å². The molecule has 0 bridgehead atoms. The van der Waals surface area contributed by atoms with E-state index in [2.05, 4.69) is 6.07 Å². The van der Waals surface area contributed by atoms with Crippen molar-refractivity contribution in [2.24, 2.45) is 0 Å². The van der Waals surface area contributed by atoms with E-state index in [9.17, 15) is 4.79 Å². The van der Waals surface area contributed by atoms with Gasteiger partial charge in [-0.15, -0.1) is 11.3 Å². The third-order valence-electron chi connectivity index (χ3n) is 4.13. The highest BCUT2D eigenvalue weighted by atomic mass is 32.1. The van der Waals surface area contributed by atoms with Crippen LogP contribution in [-0.4, -0.2) is 25.8 Å². The normalized spacial score (nSPS) is 12.1. The fourth-order valence-electron chi connectivity index (χ4n) is 2.86. The van der Waals surface area contributed by atoms with Crippen LogP contribution in [0.5, 0.6) is 5.75 Å². The summed E-state index contributed by atoms with van der Waals surface area (Å²) in [5.41, 5.74) is 2.19. The molecule has 1 atom stereocenters. The standard InChI is InChI=1S/C21H22O4S/c1-3-24-19(21(22)23-2)13-16-9-10-18(17-11-12-26-20(16)17)25-14-15-7-5-4-6-8-15/h4-12,19H,3,13-14H2,1-2H3. The molecule has 0 radical (unpaired) electrons. The smallest absolute Gasteiger partial charge is 0.335 e. The first kappa shape index (κ1) is 18.4. The molecular weight excluding hydrogens is 348 g/mol. The number of thiophene rings is 1. The molecule has 5 heteroatoms. The Morgan fingerprint density at radius 1 is 1.12 bits per heavy atom. The molecule has 1 heterocycles. The third kappa shape index (κ3) is 4.23. The molecule has 0 N–H and O–H groups in total. The lowest BCUT2D eigenvalue weighted by atomic mass is 10.1. The number of rotatable bonds is 8. The van der Waals surface area contributed by atoms with Crippen molar-refractivity contribution in [1.29, 1.82) is 0 Å². The summed E-state index contributed by atoms with van der Waals surface area (Å²) in [6, 6.07) is 16.1. The van der Waals surface area contributed by atoms with Gasteiger partial charge in [0.1, 0.15) is 12.4 Å². The molecule has 0 aliphatic rings. The molecule has 4 nitrogen and oxygen atoms in total. The van der Waals surface area contributed by atoms with Gasteiger partial charge < -0.3 is 14.2 Å². The second kappa shape index (κ2) is 8.83. The fourth-order valence-corrected chi connectivity index (χ4v) is 3.80. The van der Waals surface area contributed by atoms with Gasteiger partial charge in [0, 0.05) is 23.1 Å². The van der Waals surface area contributed by atoms with Crippen LogP contribution in [0.15, 0.2) is 53.9 Å². The van der Waals surface area contributed by atoms with Crippen LogP contribution >= 0.6 is 11.3 Å². The van der Waals surface area contributed by atoms with E-state index in [-0.39, 0.29) is 5.97 Å². The van der Waals surface area contributed by atoms with E-state index in [0.29, 0.717) is 19.6 Å². The van der Waals surface area contributed by atoms with E-state index in [4.69, 9.17) is 14.2 Å². The molecule has 0 aliphatic heterocycles. The summed E-state index contributed by atoms with van der Waals surface area (Å²) in [7, 11) is 1.38. The Kier molecular flexibility index (Phi) is 6.26. The Morgan fingerprint density at radius 2 is 1.92 bits per heavy atom. The van der Waals surface area contributed by atoms with Crippen molar-refractivity contribution >= 4 is 27.4 Å². The Labute approximate surface area is 157 Å². The third-order valence-corrected chi connectivity index (χ3v) is 5.12. The van der Waals surface area contributed by atoms with Crippen molar-refractivity contribution < 1.29 is 19.0 Å².